The Morgan fingerprint density at radius 2 is 1.77 bits per heavy atom. The van der Waals surface area contributed by atoms with Crippen molar-refractivity contribution in [2.45, 2.75) is 27.0 Å². The third-order valence-corrected chi connectivity index (χ3v) is 4.45. The third kappa shape index (κ3) is 4.55. The maximum atomic E-state index is 13.8. The molecule has 2 nitrogen and oxygen atoms in total. The van der Waals surface area contributed by atoms with Crippen LogP contribution in [0.5, 0.6) is 5.75 Å². The number of ether oxygens (including phenoxy) is 1. The summed E-state index contributed by atoms with van der Waals surface area (Å²) < 4.78 is 19.6. The SMILES string of the molecule is Cc1ccc(NCc2cc(Cl)ccc2OCc2ccccc2F)c(C)c1. The summed E-state index contributed by atoms with van der Waals surface area (Å²) >= 11 is 6.15. The molecule has 0 aliphatic rings. The minimum absolute atomic E-state index is 0.171. The Labute approximate surface area is 158 Å². The zero-order valence-electron chi connectivity index (χ0n) is 14.9. The molecule has 0 fully saturated rings. The second kappa shape index (κ2) is 8.24. The minimum atomic E-state index is -0.267. The molecule has 0 radical (unpaired) electrons. The zero-order valence-corrected chi connectivity index (χ0v) is 15.6. The van der Waals surface area contributed by atoms with Crippen molar-refractivity contribution < 1.29 is 9.13 Å². The van der Waals surface area contributed by atoms with Crippen molar-refractivity contribution in [3.8, 4) is 5.75 Å². The molecule has 3 rings (SSSR count). The first-order valence-corrected chi connectivity index (χ1v) is 8.86. The van der Waals surface area contributed by atoms with Gasteiger partial charge in [0, 0.05) is 28.4 Å². The molecule has 3 aromatic carbocycles. The van der Waals surface area contributed by atoms with E-state index in [0.717, 1.165) is 11.3 Å². The molecular weight excluding hydrogens is 349 g/mol. The van der Waals surface area contributed by atoms with E-state index >= 15 is 0 Å². The first-order chi connectivity index (χ1) is 12.5. The Morgan fingerprint density at radius 1 is 0.962 bits per heavy atom. The third-order valence-electron chi connectivity index (χ3n) is 4.21. The van der Waals surface area contributed by atoms with Crippen molar-refractivity contribution in [1.29, 1.82) is 0 Å². The van der Waals surface area contributed by atoms with Gasteiger partial charge in [0.1, 0.15) is 18.2 Å². The quantitative estimate of drug-likeness (QED) is 0.551. The average molecular weight is 370 g/mol. The molecule has 0 aromatic heterocycles. The van der Waals surface area contributed by atoms with Gasteiger partial charge in [-0.05, 0) is 49.7 Å². The van der Waals surface area contributed by atoms with Crippen LogP contribution in [0.25, 0.3) is 0 Å². The molecule has 26 heavy (non-hydrogen) atoms. The number of halogens is 2. The van der Waals surface area contributed by atoms with E-state index in [1.54, 1.807) is 24.3 Å². The van der Waals surface area contributed by atoms with Crippen LogP contribution in [0.15, 0.2) is 60.7 Å². The Hall–Kier alpha value is -2.52. The zero-order chi connectivity index (χ0) is 18.5. The fraction of sp³-hybridized carbons (Fsp3) is 0.182. The van der Waals surface area contributed by atoms with Crippen molar-refractivity contribution >= 4 is 17.3 Å². The highest BCUT2D eigenvalue weighted by Gasteiger charge is 2.08. The molecule has 0 saturated carbocycles. The number of hydrogen-bond acceptors (Lipinski definition) is 2. The summed E-state index contributed by atoms with van der Waals surface area (Å²) in [7, 11) is 0. The Bertz CT molecular complexity index is 910. The summed E-state index contributed by atoms with van der Waals surface area (Å²) in [6, 6.07) is 18.4. The molecule has 4 heteroatoms. The molecule has 0 atom stereocenters. The Morgan fingerprint density at radius 3 is 2.54 bits per heavy atom. The normalized spacial score (nSPS) is 10.6. The number of anilines is 1. The van der Waals surface area contributed by atoms with Gasteiger partial charge in [0.2, 0.25) is 0 Å². The van der Waals surface area contributed by atoms with Gasteiger partial charge in [-0.25, -0.2) is 4.39 Å². The van der Waals surface area contributed by atoms with Gasteiger partial charge >= 0.3 is 0 Å². The smallest absolute Gasteiger partial charge is 0.129 e. The van der Waals surface area contributed by atoms with Crippen LogP contribution >= 0.6 is 11.6 Å². The maximum Gasteiger partial charge on any atom is 0.129 e. The van der Waals surface area contributed by atoms with Crippen LogP contribution in [0.1, 0.15) is 22.3 Å². The van der Waals surface area contributed by atoms with Crippen LogP contribution in [0.2, 0.25) is 5.02 Å². The molecule has 0 spiro atoms. The van der Waals surface area contributed by atoms with Gasteiger partial charge in [-0.15, -0.1) is 0 Å². The van der Waals surface area contributed by atoms with Gasteiger partial charge in [-0.1, -0.05) is 47.5 Å². The van der Waals surface area contributed by atoms with E-state index in [9.17, 15) is 4.39 Å². The fourth-order valence-electron chi connectivity index (χ4n) is 2.80. The lowest BCUT2D eigenvalue weighted by Crippen LogP contribution is -2.05. The monoisotopic (exact) mass is 369 g/mol. The van der Waals surface area contributed by atoms with Crippen molar-refractivity contribution in [1.82, 2.24) is 0 Å². The second-order valence-corrected chi connectivity index (χ2v) is 6.74. The lowest BCUT2D eigenvalue weighted by Gasteiger charge is -2.15. The van der Waals surface area contributed by atoms with Crippen LogP contribution in [0.4, 0.5) is 10.1 Å². The average Bonchev–Trinajstić information content (AvgIpc) is 2.61. The highest BCUT2D eigenvalue weighted by molar-refractivity contribution is 6.30. The van der Waals surface area contributed by atoms with Gasteiger partial charge in [0.25, 0.3) is 0 Å². The molecular formula is C22H21ClFNO. The van der Waals surface area contributed by atoms with Crippen molar-refractivity contribution in [2.75, 3.05) is 5.32 Å². The van der Waals surface area contributed by atoms with E-state index in [4.69, 9.17) is 16.3 Å². The number of nitrogens with one attached hydrogen (secondary N) is 1. The molecule has 0 saturated heterocycles. The summed E-state index contributed by atoms with van der Waals surface area (Å²) in [6.45, 7) is 4.88. The number of benzene rings is 3. The largest absolute Gasteiger partial charge is 0.488 e. The van der Waals surface area contributed by atoms with E-state index in [1.807, 2.05) is 12.1 Å². The van der Waals surface area contributed by atoms with Gasteiger partial charge in [-0.3, -0.25) is 0 Å². The minimum Gasteiger partial charge on any atom is -0.488 e. The van der Waals surface area contributed by atoms with Crippen LogP contribution in [-0.4, -0.2) is 0 Å². The van der Waals surface area contributed by atoms with Crippen LogP contribution < -0.4 is 10.1 Å². The highest BCUT2D eigenvalue weighted by Crippen LogP contribution is 2.26. The molecule has 0 aliphatic heterocycles. The van der Waals surface area contributed by atoms with E-state index in [1.165, 1.54) is 17.2 Å². The molecule has 1 N–H and O–H groups in total. The predicted octanol–water partition coefficient (Wildman–Crippen LogP) is 6.29. The Kier molecular flexibility index (Phi) is 5.79. The van der Waals surface area contributed by atoms with E-state index in [0.29, 0.717) is 22.9 Å². The van der Waals surface area contributed by atoms with Crippen molar-refractivity contribution in [2.24, 2.45) is 0 Å². The summed E-state index contributed by atoms with van der Waals surface area (Å²) in [4.78, 5) is 0. The molecule has 134 valence electrons. The molecule has 0 amide bonds. The number of rotatable bonds is 6. The van der Waals surface area contributed by atoms with Crippen LogP contribution in [0, 0.1) is 19.7 Å². The maximum absolute atomic E-state index is 13.8. The van der Waals surface area contributed by atoms with Crippen molar-refractivity contribution in [3.05, 3.63) is 93.8 Å². The first-order valence-electron chi connectivity index (χ1n) is 8.48. The van der Waals surface area contributed by atoms with Gasteiger partial charge in [-0.2, -0.15) is 0 Å². The Balaban J connectivity index is 1.74. The standard InChI is InChI=1S/C22H21ClFNO/c1-15-7-9-21(16(2)11-15)25-13-18-12-19(23)8-10-22(18)26-14-17-5-3-4-6-20(17)24/h3-12,25H,13-14H2,1-2H3. The number of hydrogen-bond donors (Lipinski definition) is 1. The molecule has 0 aliphatic carbocycles. The molecule has 0 bridgehead atoms. The fourth-order valence-corrected chi connectivity index (χ4v) is 3.00. The summed E-state index contributed by atoms with van der Waals surface area (Å²) in [6.07, 6.45) is 0. The van der Waals surface area contributed by atoms with Crippen LogP contribution in [-0.2, 0) is 13.2 Å². The van der Waals surface area contributed by atoms with Gasteiger partial charge in [0.15, 0.2) is 0 Å². The topological polar surface area (TPSA) is 21.3 Å². The van der Waals surface area contributed by atoms with E-state index in [2.05, 4.69) is 37.4 Å². The first kappa shape index (κ1) is 18.3. The van der Waals surface area contributed by atoms with Crippen LogP contribution in [0.3, 0.4) is 0 Å². The summed E-state index contributed by atoms with van der Waals surface area (Å²) in [5.74, 6) is 0.423. The predicted molar refractivity (Wildman–Crippen MR) is 105 cm³/mol. The summed E-state index contributed by atoms with van der Waals surface area (Å²) in [5.41, 5.74) is 4.92. The van der Waals surface area contributed by atoms with Crippen molar-refractivity contribution in [3.63, 3.8) is 0 Å². The lowest BCUT2D eigenvalue weighted by atomic mass is 10.1. The highest BCUT2D eigenvalue weighted by atomic mass is 35.5. The molecule has 0 unspecified atom stereocenters. The summed E-state index contributed by atoms with van der Waals surface area (Å²) in [5, 5.41) is 4.06. The molecule has 0 heterocycles. The lowest BCUT2D eigenvalue weighted by molar-refractivity contribution is 0.297. The molecule has 3 aromatic rings. The van der Waals surface area contributed by atoms with Gasteiger partial charge < -0.3 is 10.1 Å². The van der Waals surface area contributed by atoms with E-state index in [-0.39, 0.29) is 12.4 Å². The van der Waals surface area contributed by atoms with E-state index < -0.39 is 0 Å². The van der Waals surface area contributed by atoms with Gasteiger partial charge in [0.05, 0.1) is 0 Å². The second-order valence-electron chi connectivity index (χ2n) is 6.30. The number of aryl methyl sites for hydroxylation is 2.